The Bertz CT molecular complexity index is 2120. The summed E-state index contributed by atoms with van der Waals surface area (Å²) in [5.74, 6) is -1.87. The Hall–Kier alpha value is -4.87. The van der Waals surface area contributed by atoms with Crippen LogP contribution in [-0.4, -0.2) is 35.5 Å². The van der Waals surface area contributed by atoms with Crippen molar-refractivity contribution < 1.29 is 23.9 Å². The van der Waals surface area contributed by atoms with Gasteiger partial charge in [-0.2, -0.15) is 0 Å². The summed E-state index contributed by atoms with van der Waals surface area (Å²) in [7, 11) is 0. The van der Waals surface area contributed by atoms with E-state index in [2.05, 4.69) is 16.0 Å². The first-order valence-electron chi connectivity index (χ1n) is 16.3. The number of nitrogens with one attached hydrogen (secondary N) is 3. The highest BCUT2D eigenvalue weighted by atomic mass is 35.5. The van der Waals surface area contributed by atoms with Gasteiger partial charge >= 0.3 is 5.97 Å². The van der Waals surface area contributed by atoms with E-state index in [0.29, 0.717) is 49.3 Å². The second-order valence-electron chi connectivity index (χ2n) is 11.4. The largest absolute Gasteiger partial charge is 0.462 e. The second-order valence-corrected chi connectivity index (χ2v) is 14.4. The summed E-state index contributed by atoms with van der Waals surface area (Å²) in [6.45, 7) is 5.82. The van der Waals surface area contributed by atoms with Crippen LogP contribution in [0.15, 0.2) is 113 Å². The van der Waals surface area contributed by atoms with E-state index in [1.54, 1.807) is 73.7 Å². The van der Waals surface area contributed by atoms with Crippen molar-refractivity contribution in [2.24, 2.45) is 0 Å². The number of carbonyl (C=O) groups excluding carboxylic acids is 4. The van der Waals surface area contributed by atoms with Crippen molar-refractivity contribution in [1.29, 1.82) is 0 Å². The van der Waals surface area contributed by atoms with Gasteiger partial charge in [0.05, 0.1) is 21.9 Å². The zero-order valence-corrected chi connectivity index (χ0v) is 31.6. The van der Waals surface area contributed by atoms with Gasteiger partial charge < -0.3 is 20.7 Å². The number of ether oxygens (including phenoxy) is 1. The van der Waals surface area contributed by atoms with Gasteiger partial charge in [0.1, 0.15) is 16.3 Å². The van der Waals surface area contributed by atoms with Gasteiger partial charge in [-0.15, -0.1) is 23.1 Å². The van der Waals surface area contributed by atoms with Crippen LogP contribution in [0, 0.1) is 6.92 Å². The molecule has 0 aliphatic carbocycles. The first-order chi connectivity index (χ1) is 25.1. The molecule has 3 N–H and O–H groups in total. The van der Waals surface area contributed by atoms with Gasteiger partial charge in [-0.25, -0.2) is 4.79 Å². The number of rotatable bonds is 13. The van der Waals surface area contributed by atoms with Crippen molar-refractivity contribution in [3.63, 3.8) is 0 Å². The Morgan fingerprint density at radius 2 is 1.62 bits per heavy atom. The summed E-state index contributed by atoms with van der Waals surface area (Å²) in [4.78, 5) is 54.2. The lowest BCUT2D eigenvalue weighted by Crippen LogP contribution is -2.30. The molecule has 1 atom stereocenters. The van der Waals surface area contributed by atoms with E-state index in [1.807, 2.05) is 49.6 Å². The van der Waals surface area contributed by atoms with Crippen molar-refractivity contribution in [3.8, 4) is 11.1 Å². The minimum Gasteiger partial charge on any atom is -0.462 e. The smallest absolute Gasteiger partial charge is 0.341 e. The summed E-state index contributed by atoms with van der Waals surface area (Å²) in [5, 5.41) is 10.8. The molecule has 0 radical (unpaired) electrons. The first kappa shape index (κ1) is 38.4. The zero-order chi connectivity index (χ0) is 37.2. The van der Waals surface area contributed by atoms with E-state index in [-0.39, 0.29) is 23.2 Å². The number of benzene rings is 4. The van der Waals surface area contributed by atoms with Gasteiger partial charge in [-0.1, -0.05) is 96.4 Å². The number of aryl methyl sites for hydroxylation is 1. The average Bonchev–Trinajstić information content (AvgIpc) is 3.56. The molecule has 0 aliphatic rings. The number of halogens is 2. The van der Waals surface area contributed by atoms with Crippen LogP contribution in [0.4, 0.5) is 10.7 Å². The molecule has 5 rings (SSSR count). The van der Waals surface area contributed by atoms with Crippen LogP contribution in [0.1, 0.15) is 52.1 Å². The number of thiophene rings is 1. The molecule has 0 saturated carbocycles. The minimum atomic E-state index is -0.596. The van der Waals surface area contributed by atoms with E-state index < -0.39 is 23.0 Å². The predicted molar refractivity (Wildman–Crippen MR) is 212 cm³/mol. The molecule has 5 aromatic rings. The monoisotopic (exact) mass is 771 g/mol. The summed E-state index contributed by atoms with van der Waals surface area (Å²) in [6.07, 6.45) is 1.94. The van der Waals surface area contributed by atoms with Gasteiger partial charge in [-0.05, 0) is 73.9 Å². The summed E-state index contributed by atoms with van der Waals surface area (Å²) in [6, 6.07) is 28.3. The quantitative estimate of drug-likeness (QED) is 0.0624. The van der Waals surface area contributed by atoms with Gasteiger partial charge in [0, 0.05) is 27.1 Å². The molecule has 0 saturated heterocycles. The van der Waals surface area contributed by atoms with Crippen LogP contribution in [0.25, 0.3) is 17.2 Å². The lowest BCUT2D eigenvalue weighted by molar-refractivity contribution is -0.116. The van der Waals surface area contributed by atoms with Crippen LogP contribution in [0.5, 0.6) is 0 Å². The standard InChI is InChI=1S/C40H35Cl2N3O5S2/c1-4-33(38(48)45-39-34(40(49)50-5-2)30(23-51-39)25-19-17-24(3)18-20-25)52-29-15-10-14-28(22-29)43-37(47)32(21-27-13-9-16-31(41)35(27)42)44-36(46)26-11-7-6-8-12-26/h6-23,33H,4-5H2,1-3H3,(H,43,47)(H,44,46)(H,45,48)/b32-21+. The molecule has 0 bridgehead atoms. The van der Waals surface area contributed by atoms with Gasteiger partial charge in [0.2, 0.25) is 5.91 Å². The minimum absolute atomic E-state index is 0.0553. The highest BCUT2D eigenvalue weighted by Gasteiger charge is 2.26. The number of esters is 1. The molecule has 4 aromatic carbocycles. The molecule has 1 heterocycles. The molecule has 0 spiro atoms. The van der Waals surface area contributed by atoms with Crippen molar-refractivity contribution in [2.75, 3.05) is 17.2 Å². The molecular weight excluding hydrogens is 737 g/mol. The van der Waals surface area contributed by atoms with Gasteiger partial charge in [-0.3, -0.25) is 14.4 Å². The highest BCUT2D eigenvalue weighted by Crippen LogP contribution is 2.37. The average molecular weight is 773 g/mol. The van der Waals surface area contributed by atoms with Crippen LogP contribution < -0.4 is 16.0 Å². The van der Waals surface area contributed by atoms with Crippen LogP contribution in [-0.2, 0) is 14.3 Å². The third kappa shape index (κ3) is 9.71. The normalized spacial score (nSPS) is 11.8. The van der Waals surface area contributed by atoms with Crippen molar-refractivity contribution in [3.05, 3.63) is 140 Å². The lowest BCUT2D eigenvalue weighted by Gasteiger charge is -2.16. The third-order valence-corrected chi connectivity index (χ3v) is 10.8. The molecule has 0 aliphatic heterocycles. The van der Waals surface area contributed by atoms with Crippen LogP contribution in [0.3, 0.4) is 0 Å². The lowest BCUT2D eigenvalue weighted by atomic mass is 10.0. The molecule has 1 aromatic heterocycles. The van der Waals surface area contributed by atoms with E-state index in [9.17, 15) is 19.2 Å². The molecule has 52 heavy (non-hydrogen) atoms. The van der Waals surface area contributed by atoms with Gasteiger partial charge in [0.25, 0.3) is 11.8 Å². The number of anilines is 2. The molecule has 1 unspecified atom stereocenters. The Kier molecular flexibility index (Phi) is 13.3. The molecule has 8 nitrogen and oxygen atoms in total. The summed E-state index contributed by atoms with van der Waals surface area (Å²) >= 11 is 15.2. The first-order valence-corrected chi connectivity index (χ1v) is 18.9. The fraction of sp³-hybridized carbons (Fsp3) is 0.150. The van der Waals surface area contributed by atoms with Crippen molar-refractivity contribution >= 4 is 86.8 Å². The fourth-order valence-corrected chi connectivity index (χ4v) is 7.39. The number of thioether (sulfide) groups is 1. The maximum atomic E-state index is 13.7. The molecule has 0 fully saturated rings. The van der Waals surface area contributed by atoms with E-state index in [4.69, 9.17) is 27.9 Å². The maximum Gasteiger partial charge on any atom is 0.341 e. The maximum absolute atomic E-state index is 13.7. The van der Waals surface area contributed by atoms with Crippen molar-refractivity contribution in [1.82, 2.24) is 5.32 Å². The zero-order valence-electron chi connectivity index (χ0n) is 28.5. The molecule has 3 amide bonds. The third-order valence-electron chi connectivity index (χ3n) is 7.71. The molecular formula is C40H35Cl2N3O5S2. The number of hydrogen-bond donors (Lipinski definition) is 3. The van der Waals surface area contributed by atoms with E-state index in [1.165, 1.54) is 29.2 Å². The fourth-order valence-electron chi connectivity index (χ4n) is 5.06. The molecule has 12 heteroatoms. The number of amides is 3. The summed E-state index contributed by atoms with van der Waals surface area (Å²) < 4.78 is 5.36. The Balaban J connectivity index is 1.34. The number of carbonyl (C=O) groups is 4. The van der Waals surface area contributed by atoms with Crippen LogP contribution in [0.2, 0.25) is 10.0 Å². The van der Waals surface area contributed by atoms with Crippen LogP contribution >= 0.6 is 46.3 Å². The van der Waals surface area contributed by atoms with Crippen molar-refractivity contribution in [2.45, 2.75) is 37.3 Å². The molecule has 266 valence electrons. The SMILES string of the molecule is CCOC(=O)c1c(-c2ccc(C)cc2)csc1NC(=O)C(CC)Sc1cccc(NC(=O)/C(=C\c2cccc(Cl)c2Cl)NC(=O)c2ccccc2)c1. The van der Waals surface area contributed by atoms with E-state index >= 15 is 0 Å². The highest BCUT2D eigenvalue weighted by molar-refractivity contribution is 8.00. The topological polar surface area (TPSA) is 114 Å². The Labute approximate surface area is 320 Å². The Morgan fingerprint density at radius 1 is 0.885 bits per heavy atom. The van der Waals surface area contributed by atoms with E-state index in [0.717, 1.165) is 11.1 Å². The summed E-state index contributed by atoms with van der Waals surface area (Å²) in [5.41, 5.74) is 4.13. The van der Waals surface area contributed by atoms with Gasteiger partial charge in [0.15, 0.2) is 0 Å². The second kappa shape index (κ2) is 18.1. The number of hydrogen-bond acceptors (Lipinski definition) is 7. The predicted octanol–water partition coefficient (Wildman–Crippen LogP) is 10.1. The Morgan fingerprint density at radius 3 is 2.33 bits per heavy atom.